The molecule has 0 aliphatic heterocycles. The molecule has 228 valence electrons. The van der Waals surface area contributed by atoms with E-state index < -0.39 is 28.5 Å². The Hall–Kier alpha value is -3.40. The second kappa shape index (κ2) is 14.4. The van der Waals surface area contributed by atoms with Gasteiger partial charge in [-0.1, -0.05) is 84.6 Å². The molecule has 0 aromatic heterocycles. The van der Waals surface area contributed by atoms with E-state index in [1.165, 1.54) is 24.0 Å². The van der Waals surface area contributed by atoms with Gasteiger partial charge in [-0.2, -0.15) is 0 Å². The van der Waals surface area contributed by atoms with Crippen molar-refractivity contribution in [1.29, 1.82) is 0 Å². The minimum absolute atomic E-state index is 0.00605. The van der Waals surface area contributed by atoms with Gasteiger partial charge in [0.25, 0.3) is 0 Å². The first kappa shape index (κ1) is 32.5. The highest BCUT2D eigenvalue weighted by atomic mass is 35.5. The number of carbonyl (C=O) groups is 3. The van der Waals surface area contributed by atoms with Crippen molar-refractivity contribution in [2.24, 2.45) is 0 Å². The van der Waals surface area contributed by atoms with E-state index in [1.807, 2.05) is 30.3 Å². The molecular weight excluding hydrogens is 609 g/mol. The summed E-state index contributed by atoms with van der Waals surface area (Å²) < 4.78 is 27.0. The number of Topliss-reactive ketones (excluding diaryl/α,β-unsaturated/α-hetero) is 1. The van der Waals surface area contributed by atoms with E-state index in [4.69, 9.17) is 23.2 Å². The van der Waals surface area contributed by atoms with Gasteiger partial charge in [0, 0.05) is 40.2 Å². The molecule has 0 spiro atoms. The lowest BCUT2D eigenvalue weighted by atomic mass is 10.0. The molecule has 0 bridgehead atoms. The number of carbonyl (C=O) groups excluding carboxylic acids is 3. The molecular formula is C32H35Cl2N3O5S. The van der Waals surface area contributed by atoms with Crippen LogP contribution in [0, 0.1) is 0 Å². The van der Waals surface area contributed by atoms with Crippen molar-refractivity contribution < 1.29 is 22.8 Å². The smallest absolute Gasteiger partial charge is 0.244 e. The Morgan fingerprint density at radius 3 is 2.16 bits per heavy atom. The molecule has 1 aliphatic carbocycles. The summed E-state index contributed by atoms with van der Waals surface area (Å²) in [4.78, 5) is 41.6. The number of halogens is 2. The van der Waals surface area contributed by atoms with Crippen molar-refractivity contribution in [3.63, 3.8) is 0 Å². The van der Waals surface area contributed by atoms with Gasteiger partial charge in [0.15, 0.2) is 5.78 Å². The van der Waals surface area contributed by atoms with Gasteiger partial charge in [0.1, 0.15) is 12.6 Å². The zero-order valence-electron chi connectivity index (χ0n) is 24.1. The molecule has 43 heavy (non-hydrogen) atoms. The molecule has 3 aromatic rings. The van der Waals surface area contributed by atoms with Gasteiger partial charge in [-0.05, 0) is 49.6 Å². The highest BCUT2D eigenvalue weighted by Crippen LogP contribution is 2.28. The molecule has 4 rings (SSSR count). The van der Waals surface area contributed by atoms with Crippen molar-refractivity contribution in [2.75, 3.05) is 17.1 Å². The summed E-state index contributed by atoms with van der Waals surface area (Å²) in [5.74, 6) is -1.21. The normalized spacial score (nSPS) is 14.2. The van der Waals surface area contributed by atoms with Crippen molar-refractivity contribution in [3.8, 4) is 0 Å². The predicted molar refractivity (Wildman–Crippen MR) is 170 cm³/mol. The Morgan fingerprint density at radius 2 is 1.56 bits per heavy atom. The van der Waals surface area contributed by atoms with Crippen molar-refractivity contribution >= 4 is 56.5 Å². The quantitative estimate of drug-likeness (QED) is 0.257. The van der Waals surface area contributed by atoms with E-state index in [0.29, 0.717) is 21.2 Å². The number of amides is 2. The first-order valence-electron chi connectivity index (χ1n) is 14.1. The topological polar surface area (TPSA) is 104 Å². The van der Waals surface area contributed by atoms with Gasteiger partial charge in [-0.15, -0.1) is 0 Å². The zero-order chi connectivity index (χ0) is 31.1. The van der Waals surface area contributed by atoms with Crippen LogP contribution in [0.5, 0.6) is 0 Å². The average Bonchev–Trinajstić information content (AvgIpc) is 3.48. The number of nitrogens with one attached hydrogen (secondary N) is 1. The summed E-state index contributed by atoms with van der Waals surface area (Å²) in [5, 5.41) is 3.74. The summed E-state index contributed by atoms with van der Waals surface area (Å²) in [7, 11) is -3.98. The SMILES string of the molecule is CC(=O)c1cccc(N(CC(=O)N(Cc2c(Cl)cccc2Cl)[C@H](Cc2ccccc2)C(=O)NC2CCCC2)S(C)(=O)=O)c1. The van der Waals surface area contributed by atoms with Crippen LogP contribution in [0.15, 0.2) is 72.8 Å². The third-order valence-electron chi connectivity index (χ3n) is 7.58. The van der Waals surface area contributed by atoms with E-state index >= 15 is 0 Å². The Balaban J connectivity index is 1.77. The molecule has 2 amide bonds. The molecule has 8 nitrogen and oxygen atoms in total. The molecule has 1 fully saturated rings. The second-order valence-electron chi connectivity index (χ2n) is 10.8. The second-order valence-corrected chi connectivity index (χ2v) is 13.5. The standard InChI is InChI=1S/C32H35Cl2N3O5S/c1-22(38)24-12-8-15-26(19-24)37(43(2,41)42)21-31(39)36(20-27-28(33)16-9-17-29(27)34)30(18-23-10-4-3-5-11-23)32(40)35-25-13-6-7-14-25/h3-5,8-12,15-17,19,25,30H,6-7,13-14,18,20-21H2,1-2H3,(H,35,40)/t30-/m1/s1. The fourth-order valence-corrected chi connectivity index (χ4v) is 6.63. The van der Waals surface area contributed by atoms with Gasteiger partial charge in [-0.25, -0.2) is 8.42 Å². The van der Waals surface area contributed by atoms with E-state index in [9.17, 15) is 22.8 Å². The van der Waals surface area contributed by atoms with Crippen LogP contribution in [0.25, 0.3) is 0 Å². The zero-order valence-corrected chi connectivity index (χ0v) is 26.5. The summed E-state index contributed by atoms with van der Waals surface area (Å²) in [5.41, 5.74) is 1.73. The first-order chi connectivity index (χ1) is 20.4. The van der Waals surface area contributed by atoms with Crippen LogP contribution in [0.3, 0.4) is 0 Å². The Bertz CT molecular complexity index is 1560. The van der Waals surface area contributed by atoms with Crippen LogP contribution >= 0.6 is 23.2 Å². The summed E-state index contributed by atoms with van der Waals surface area (Å²) in [6.45, 7) is 0.642. The maximum absolute atomic E-state index is 14.3. The molecule has 1 saturated carbocycles. The fourth-order valence-electron chi connectivity index (χ4n) is 5.27. The number of ketones is 1. The van der Waals surface area contributed by atoms with Crippen molar-refractivity contribution in [3.05, 3.63) is 99.5 Å². The van der Waals surface area contributed by atoms with Gasteiger partial charge >= 0.3 is 0 Å². The van der Waals surface area contributed by atoms with Crippen LogP contribution in [0.2, 0.25) is 10.0 Å². The van der Waals surface area contributed by atoms with Gasteiger partial charge in [0.2, 0.25) is 21.8 Å². The molecule has 0 heterocycles. The van der Waals surface area contributed by atoms with Crippen molar-refractivity contribution in [1.82, 2.24) is 10.2 Å². The van der Waals surface area contributed by atoms with Crippen LogP contribution in [-0.2, 0) is 32.6 Å². The van der Waals surface area contributed by atoms with E-state index in [0.717, 1.165) is 41.8 Å². The predicted octanol–water partition coefficient (Wildman–Crippen LogP) is 5.66. The fraction of sp³-hybridized carbons (Fsp3) is 0.344. The number of sulfonamides is 1. The van der Waals surface area contributed by atoms with E-state index in [2.05, 4.69) is 5.32 Å². The lowest BCUT2D eigenvalue weighted by molar-refractivity contribution is -0.140. The highest BCUT2D eigenvalue weighted by molar-refractivity contribution is 7.92. The number of rotatable bonds is 12. The van der Waals surface area contributed by atoms with Gasteiger partial charge in [-0.3, -0.25) is 18.7 Å². The molecule has 0 saturated heterocycles. The molecule has 0 radical (unpaired) electrons. The van der Waals surface area contributed by atoms with Gasteiger partial charge in [0.05, 0.1) is 11.9 Å². The first-order valence-corrected chi connectivity index (χ1v) is 16.7. The van der Waals surface area contributed by atoms with Crippen molar-refractivity contribution in [2.45, 2.75) is 57.7 Å². The molecule has 11 heteroatoms. The minimum atomic E-state index is -3.98. The Labute approximate surface area is 263 Å². The van der Waals surface area contributed by atoms with E-state index in [1.54, 1.807) is 30.3 Å². The Kier molecular flexibility index (Phi) is 10.9. The lowest BCUT2D eigenvalue weighted by Crippen LogP contribution is -2.54. The Morgan fingerprint density at radius 1 is 0.930 bits per heavy atom. The number of benzene rings is 3. The number of hydrogen-bond acceptors (Lipinski definition) is 5. The molecule has 1 N–H and O–H groups in total. The maximum atomic E-state index is 14.3. The molecule has 1 atom stereocenters. The van der Waals surface area contributed by atoms with Crippen LogP contribution in [0.1, 0.15) is 54.1 Å². The summed E-state index contributed by atoms with van der Waals surface area (Å²) in [6, 6.07) is 19.4. The highest BCUT2D eigenvalue weighted by Gasteiger charge is 2.35. The third-order valence-corrected chi connectivity index (χ3v) is 9.43. The number of nitrogens with zero attached hydrogens (tertiary/aromatic N) is 2. The van der Waals surface area contributed by atoms with E-state index in [-0.39, 0.29) is 36.4 Å². The third kappa shape index (κ3) is 8.59. The van der Waals surface area contributed by atoms with Crippen LogP contribution in [-0.4, -0.2) is 55.8 Å². The molecule has 1 aliphatic rings. The molecule has 0 unspecified atom stereocenters. The number of hydrogen-bond donors (Lipinski definition) is 1. The maximum Gasteiger partial charge on any atom is 0.244 e. The van der Waals surface area contributed by atoms with Gasteiger partial charge < -0.3 is 10.2 Å². The minimum Gasteiger partial charge on any atom is -0.352 e. The van der Waals surface area contributed by atoms with Crippen LogP contribution in [0.4, 0.5) is 5.69 Å². The summed E-state index contributed by atoms with van der Waals surface area (Å²) >= 11 is 13.0. The lowest BCUT2D eigenvalue weighted by Gasteiger charge is -2.34. The number of anilines is 1. The summed E-state index contributed by atoms with van der Waals surface area (Å²) in [6.07, 6.45) is 4.89. The molecule has 3 aromatic carbocycles. The average molecular weight is 645 g/mol. The monoisotopic (exact) mass is 643 g/mol. The van der Waals surface area contributed by atoms with Crippen LogP contribution < -0.4 is 9.62 Å². The largest absolute Gasteiger partial charge is 0.352 e.